The first kappa shape index (κ1) is 9.31. The van der Waals surface area contributed by atoms with E-state index >= 15 is 0 Å². The Balaban J connectivity index is 1.94. The lowest BCUT2D eigenvalue weighted by Crippen LogP contribution is -2.77. The number of aryl methyl sites for hydroxylation is 1. The fourth-order valence-corrected chi connectivity index (χ4v) is 3.28. The lowest BCUT2D eigenvalue weighted by Gasteiger charge is -2.70. The fraction of sp³-hybridized carbons (Fsp3) is 0.500. The van der Waals surface area contributed by atoms with Gasteiger partial charge in [-0.05, 0) is 37.3 Å². The molecular formula is C12H15FN2. The maximum Gasteiger partial charge on any atom is 0.129 e. The van der Waals surface area contributed by atoms with Crippen LogP contribution < -0.4 is 11.3 Å². The predicted octanol–water partition coefficient (Wildman–Crippen LogP) is 1.77. The Hall–Kier alpha value is -0.930. The monoisotopic (exact) mass is 206 g/mol. The first-order valence-electron chi connectivity index (χ1n) is 5.34. The Morgan fingerprint density at radius 1 is 1.33 bits per heavy atom. The molecule has 0 aromatic heterocycles. The number of rotatable bonds is 2. The molecule has 1 aromatic rings. The molecule has 2 bridgehead atoms. The molecule has 0 saturated heterocycles. The molecule has 3 N–H and O–H groups in total. The van der Waals surface area contributed by atoms with Gasteiger partial charge in [-0.25, -0.2) is 4.39 Å². The molecule has 0 heterocycles. The van der Waals surface area contributed by atoms with E-state index in [1.807, 2.05) is 25.1 Å². The number of halogens is 1. The third-order valence-electron chi connectivity index (χ3n) is 4.10. The van der Waals surface area contributed by atoms with Crippen LogP contribution in [0.25, 0.3) is 0 Å². The summed E-state index contributed by atoms with van der Waals surface area (Å²) in [5.74, 6) is 5.44. The van der Waals surface area contributed by atoms with Gasteiger partial charge in [-0.3, -0.25) is 11.3 Å². The van der Waals surface area contributed by atoms with Crippen molar-refractivity contribution >= 4 is 0 Å². The van der Waals surface area contributed by atoms with Gasteiger partial charge < -0.3 is 0 Å². The zero-order valence-electron chi connectivity index (χ0n) is 8.81. The largest absolute Gasteiger partial charge is 0.271 e. The average molecular weight is 206 g/mol. The van der Waals surface area contributed by atoms with Crippen LogP contribution in [0.2, 0.25) is 0 Å². The van der Waals surface area contributed by atoms with Crippen LogP contribution in [0, 0.1) is 12.7 Å². The van der Waals surface area contributed by atoms with E-state index in [4.69, 9.17) is 5.84 Å². The topological polar surface area (TPSA) is 38.0 Å². The van der Waals surface area contributed by atoms with Gasteiger partial charge in [-0.15, -0.1) is 0 Å². The summed E-state index contributed by atoms with van der Waals surface area (Å²) in [5.41, 5.74) is 4.69. The molecular weight excluding hydrogens is 191 g/mol. The molecule has 15 heavy (non-hydrogen) atoms. The average Bonchev–Trinajstić information content (AvgIpc) is 2.08. The van der Waals surface area contributed by atoms with Gasteiger partial charge in [0.1, 0.15) is 5.82 Å². The number of hydrogen-bond donors (Lipinski definition) is 2. The molecule has 2 nitrogen and oxygen atoms in total. The van der Waals surface area contributed by atoms with Crippen LogP contribution in [0.15, 0.2) is 18.2 Å². The predicted molar refractivity (Wildman–Crippen MR) is 56.7 cm³/mol. The molecule has 0 atom stereocenters. The molecule has 3 fully saturated rings. The second kappa shape index (κ2) is 2.60. The molecule has 3 aliphatic rings. The highest BCUT2D eigenvalue weighted by atomic mass is 19.1. The summed E-state index contributed by atoms with van der Waals surface area (Å²) in [6.07, 6.45) is 2.95. The Kier molecular flexibility index (Phi) is 1.61. The Morgan fingerprint density at radius 3 is 2.60 bits per heavy atom. The van der Waals surface area contributed by atoms with Gasteiger partial charge in [0.05, 0.1) is 0 Å². The summed E-state index contributed by atoms with van der Waals surface area (Å²) in [7, 11) is 0. The maximum absolute atomic E-state index is 13.9. The van der Waals surface area contributed by atoms with Crippen molar-refractivity contribution in [3.8, 4) is 0 Å². The van der Waals surface area contributed by atoms with E-state index < -0.39 is 0 Å². The number of hydrazine groups is 1. The number of benzene rings is 1. The Labute approximate surface area is 88.6 Å². The van der Waals surface area contributed by atoms with Gasteiger partial charge in [0.25, 0.3) is 0 Å². The molecule has 3 saturated carbocycles. The van der Waals surface area contributed by atoms with E-state index in [2.05, 4.69) is 5.43 Å². The second-order valence-electron chi connectivity index (χ2n) is 5.17. The third-order valence-corrected chi connectivity index (χ3v) is 4.10. The van der Waals surface area contributed by atoms with Crippen molar-refractivity contribution in [3.63, 3.8) is 0 Å². The highest BCUT2D eigenvalue weighted by molar-refractivity contribution is 5.43. The zero-order valence-corrected chi connectivity index (χ0v) is 8.81. The minimum absolute atomic E-state index is 0.0252. The molecule has 3 heteroatoms. The van der Waals surface area contributed by atoms with Crippen LogP contribution in [0.5, 0.6) is 0 Å². The molecule has 1 aromatic carbocycles. The number of nitrogens with two attached hydrogens (primary N) is 1. The van der Waals surface area contributed by atoms with Gasteiger partial charge >= 0.3 is 0 Å². The van der Waals surface area contributed by atoms with Crippen LogP contribution in [0.4, 0.5) is 4.39 Å². The summed E-state index contributed by atoms with van der Waals surface area (Å²) in [6, 6.07) is 5.68. The van der Waals surface area contributed by atoms with Crippen LogP contribution >= 0.6 is 0 Å². The lowest BCUT2D eigenvalue weighted by atomic mass is 9.37. The third kappa shape index (κ3) is 0.998. The second-order valence-corrected chi connectivity index (χ2v) is 5.17. The first-order chi connectivity index (χ1) is 7.11. The Morgan fingerprint density at radius 2 is 2.00 bits per heavy atom. The highest BCUT2D eigenvalue weighted by Crippen LogP contribution is 2.67. The molecule has 0 amide bonds. The van der Waals surface area contributed by atoms with Crippen molar-refractivity contribution in [1.82, 2.24) is 5.43 Å². The molecule has 4 rings (SSSR count). The summed E-state index contributed by atoms with van der Waals surface area (Å²) >= 11 is 0. The SMILES string of the molecule is Cc1cccc(C23CC(NN)(C2)C3)c1F. The van der Waals surface area contributed by atoms with E-state index in [0.29, 0.717) is 0 Å². The Bertz CT molecular complexity index is 408. The summed E-state index contributed by atoms with van der Waals surface area (Å²) in [5, 5.41) is 0. The molecule has 3 aliphatic carbocycles. The van der Waals surface area contributed by atoms with Crippen LogP contribution in [-0.2, 0) is 5.41 Å². The van der Waals surface area contributed by atoms with Crippen molar-refractivity contribution in [2.75, 3.05) is 0 Å². The lowest BCUT2D eigenvalue weighted by molar-refractivity contribution is -0.0902. The standard InChI is InChI=1S/C12H15FN2/c1-8-3-2-4-9(10(8)13)11-5-12(6-11,7-11)15-14/h2-4,15H,5-7,14H2,1H3. The van der Waals surface area contributed by atoms with Gasteiger partial charge in [-0.2, -0.15) is 0 Å². The zero-order chi connectivity index (χ0) is 10.7. The van der Waals surface area contributed by atoms with Crippen molar-refractivity contribution in [1.29, 1.82) is 0 Å². The van der Waals surface area contributed by atoms with Crippen molar-refractivity contribution in [2.24, 2.45) is 5.84 Å². The number of hydrogen-bond acceptors (Lipinski definition) is 2. The normalized spacial score (nSPS) is 37.0. The van der Waals surface area contributed by atoms with Crippen molar-refractivity contribution in [2.45, 2.75) is 37.1 Å². The minimum Gasteiger partial charge on any atom is -0.271 e. The van der Waals surface area contributed by atoms with Gasteiger partial charge in [0.2, 0.25) is 0 Å². The fourth-order valence-electron chi connectivity index (χ4n) is 3.28. The minimum atomic E-state index is -0.0252. The van der Waals surface area contributed by atoms with Gasteiger partial charge in [0, 0.05) is 11.0 Å². The molecule has 0 unspecified atom stereocenters. The molecule has 0 radical (unpaired) electrons. The molecule has 0 spiro atoms. The number of nitrogens with one attached hydrogen (secondary N) is 1. The van der Waals surface area contributed by atoms with Gasteiger partial charge in [0.15, 0.2) is 0 Å². The highest BCUT2D eigenvalue weighted by Gasteiger charge is 2.68. The van der Waals surface area contributed by atoms with E-state index in [0.717, 1.165) is 30.4 Å². The molecule has 80 valence electrons. The van der Waals surface area contributed by atoms with E-state index in [1.165, 1.54) is 0 Å². The summed E-state index contributed by atoms with van der Waals surface area (Å²) in [6.45, 7) is 1.82. The summed E-state index contributed by atoms with van der Waals surface area (Å²) < 4.78 is 13.9. The quantitative estimate of drug-likeness (QED) is 0.571. The van der Waals surface area contributed by atoms with Crippen molar-refractivity contribution < 1.29 is 4.39 Å². The summed E-state index contributed by atoms with van der Waals surface area (Å²) in [4.78, 5) is 0. The van der Waals surface area contributed by atoms with Crippen LogP contribution in [0.3, 0.4) is 0 Å². The van der Waals surface area contributed by atoms with E-state index in [1.54, 1.807) is 0 Å². The first-order valence-corrected chi connectivity index (χ1v) is 5.34. The van der Waals surface area contributed by atoms with Crippen molar-refractivity contribution in [3.05, 3.63) is 35.1 Å². The van der Waals surface area contributed by atoms with E-state index in [9.17, 15) is 4.39 Å². The van der Waals surface area contributed by atoms with Crippen LogP contribution in [-0.4, -0.2) is 5.54 Å². The van der Waals surface area contributed by atoms with Gasteiger partial charge in [-0.1, -0.05) is 18.2 Å². The maximum atomic E-state index is 13.9. The smallest absolute Gasteiger partial charge is 0.129 e. The van der Waals surface area contributed by atoms with E-state index in [-0.39, 0.29) is 16.8 Å². The van der Waals surface area contributed by atoms with Crippen LogP contribution in [0.1, 0.15) is 30.4 Å². The molecule has 0 aliphatic heterocycles.